The molecule has 2 aromatic carbocycles. The van der Waals surface area contributed by atoms with E-state index < -0.39 is 22.0 Å². The van der Waals surface area contributed by atoms with Crippen LogP contribution in [0.25, 0.3) is 0 Å². The smallest absolute Gasteiger partial charge is 0.266 e. The van der Waals surface area contributed by atoms with Crippen molar-refractivity contribution in [2.75, 3.05) is 26.1 Å². The molecule has 1 heterocycles. The molecule has 0 aromatic heterocycles. The maximum absolute atomic E-state index is 12.6. The minimum absolute atomic E-state index is 0.0871. The molecule has 2 aromatic rings. The first-order valence-electron chi connectivity index (χ1n) is 7.73. The molecule has 0 fully saturated rings. The van der Waals surface area contributed by atoms with Crippen molar-refractivity contribution in [3.8, 4) is 17.2 Å². The van der Waals surface area contributed by atoms with Crippen molar-refractivity contribution in [1.82, 2.24) is 4.72 Å². The Morgan fingerprint density at radius 3 is 2.65 bits per heavy atom. The van der Waals surface area contributed by atoms with Crippen molar-refractivity contribution >= 4 is 21.6 Å². The summed E-state index contributed by atoms with van der Waals surface area (Å²) in [4.78, 5) is 12.0. The number of amides is 1. The molecule has 0 saturated heterocycles. The predicted octanol–water partition coefficient (Wildman–Crippen LogP) is 1.38. The maximum Gasteiger partial charge on any atom is 0.266 e. The van der Waals surface area contributed by atoms with E-state index in [1.54, 1.807) is 30.3 Å². The van der Waals surface area contributed by atoms with Gasteiger partial charge in [-0.25, -0.2) is 13.1 Å². The van der Waals surface area contributed by atoms with Crippen molar-refractivity contribution in [3.05, 3.63) is 42.5 Å². The third-order valence-electron chi connectivity index (χ3n) is 3.83. The van der Waals surface area contributed by atoms with Crippen LogP contribution in [0.2, 0.25) is 0 Å². The van der Waals surface area contributed by atoms with Crippen molar-refractivity contribution < 1.29 is 27.4 Å². The van der Waals surface area contributed by atoms with Gasteiger partial charge in [0.1, 0.15) is 22.1 Å². The summed E-state index contributed by atoms with van der Waals surface area (Å²) in [6, 6.07) is 11.4. The van der Waals surface area contributed by atoms with Crippen molar-refractivity contribution in [3.63, 3.8) is 0 Å². The highest BCUT2D eigenvalue weighted by Gasteiger charge is 2.30. The number of rotatable bonds is 6. The normalized spacial score (nSPS) is 16.2. The number of methoxy groups -OCH3 is 2. The molecule has 138 valence electrons. The monoisotopic (exact) mass is 378 g/mol. The zero-order valence-corrected chi connectivity index (χ0v) is 15.0. The molecule has 2 N–H and O–H groups in total. The molecule has 0 bridgehead atoms. The highest BCUT2D eigenvalue weighted by molar-refractivity contribution is 7.89. The zero-order chi connectivity index (χ0) is 18.7. The van der Waals surface area contributed by atoms with E-state index in [4.69, 9.17) is 14.2 Å². The Morgan fingerprint density at radius 2 is 1.92 bits per heavy atom. The van der Waals surface area contributed by atoms with Crippen LogP contribution in [0.3, 0.4) is 0 Å². The highest BCUT2D eigenvalue weighted by Crippen LogP contribution is 2.30. The van der Waals surface area contributed by atoms with Crippen LogP contribution in [0.15, 0.2) is 47.4 Å². The van der Waals surface area contributed by atoms with Gasteiger partial charge in [-0.05, 0) is 24.3 Å². The summed E-state index contributed by atoms with van der Waals surface area (Å²) in [5, 5.41) is 2.68. The number of sulfonamides is 1. The number of benzene rings is 2. The van der Waals surface area contributed by atoms with E-state index in [0.29, 0.717) is 17.2 Å². The number of nitrogens with one attached hydrogen (secondary N) is 2. The van der Waals surface area contributed by atoms with E-state index in [2.05, 4.69) is 10.0 Å². The van der Waals surface area contributed by atoms with E-state index in [0.717, 1.165) is 0 Å². The fraction of sp³-hybridized carbons (Fsp3) is 0.235. The number of hydrogen-bond donors (Lipinski definition) is 2. The van der Waals surface area contributed by atoms with Crippen LogP contribution in [-0.4, -0.2) is 41.2 Å². The van der Waals surface area contributed by atoms with Gasteiger partial charge in [0.15, 0.2) is 6.10 Å². The molecule has 0 spiro atoms. The number of para-hydroxylation sites is 2. The molecule has 9 heteroatoms. The zero-order valence-electron chi connectivity index (χ0n) is 14.2. The molecule has 0 saturated carbocycles. The fourth-order valence-corrected chi connectivity index (χ4v) is 3.70. The standard InChI is InChI=1S/C17H18N2O6S/c1-23-11-7-8-14(24-2)16(9-11)26(21,22)18-10-15-17(20)19-12-5-3-4-6-13(12)25-15/h3-9,15,18H,10H2,1-2H3,(H,19,20). The fourth-order valence-electron chi connectivity index (χ4n) is 2.48. The summed E-state index contributed by atoms with van der Waals surface area (Å²) < 4.78 is 43.4. The van der Waals surface area contributed by atoms with Gasteiger partial charge in [-0.3, -0.25) is 4.79 Å². The number of ether oxygens (including phenoxy) is 3. The van der Waals surface area contributed by atoms with Gasteiger partial charge in [0.25, 0.3) is 5.91 Å². The second-order valence-corrected chi connectivity index (χ2v) is 7.20. The van der Waals surface area contributed by atoms with Crippen LogP contribution in [0.5, 0.6) is 17.2 Å². The molecular weight excluding hydrogens is 360 g/mol. The molecule has 0 aliphatic carbocycles. The molecule has 1 atom stereocenters. The molecule has 8 nitrogen and oxygen atoms in total. The lowest BCUT2D eigenvalue weighted by atomic mass is 10.2. The Bertz CT molecular complexity index is 929. The van der Waals surface area contributed by atoms with E-state index in [9.17, 15) is 13.2 Å². The summed E-state index contributed by atoms with van der Waals surface area (Å²) >= 11 is 0. The van der Waals surface area contributed by atoms with E-state index in [1.165, 1.54) is 26.4 Å². The topological polar surface area (TPSA) is 103 Å². The maximum atomic E-state index is 12.6. The summed E-state index contributed by atoms with van der Waals surface area (Å²) in [5.74, 6) is 0.587. The summed E-state index contributed by atoms with van der Waals surface area (Å²) in [6.45, 7) is -0.233. The average Bonchev–Trinajstić information content (AvgIpc) is 2.65. The first kappa shape index (κ1) is 18.0. The van der Waals surface area contributed by atoms with Gasteiger partial charge >= 0.3 is 0 Å². The van der Waals surface area contributed by atoms with Crippen LogP contribution in [0.1, 0.15) is 0 Å². The SMILES string of the molecule is COc1ccc(OC)c(S(=O)(=O)NCC2Oc3ccccc3NC2=O)c1. The lowest BCUT2D eigenvalue weighted by molar-refractivity contribution is -0.123. The second kappa shape index (κ2) is 7.22. The van der Waals surface area contributed by atoms with Gasteiger partial charge in [0.2, 0.25) is 10.0 Å². The van der Waals surface area contributed by atoms with Gasteiger partial charge in [-0.15, -0.1) is 0 Å². The van der Waals surface area contributed by atoms with Crippen LogP contribution in [-0.2, 0) is 14.8 Å². The number of fused-ring (bicyclic) bond motifs is 1. The Morgan fingerprint density at radius 1 is 1.15 bits per heavy atom. The van der Waals surface area contributed by atoms with E-state index >= 15 is 0 Å². The third-order valence-corrected chi connectivity index (χ3v) is 5.27. The summed E-state index contributed by atoms with van der Waals surface area (Å²) in [6.07, 6.45) is -0.990. The Kier molecular flexibility index (Phi) is 5.01. The van der Waals surface area contributed by atoms with Crippen LogP contribution in [0.4, 0.5) is 5.69 Å². The Labute approximate surface area is 151 Å². The van der Waals surface area contributed by atoms with Gasteiger partial charge in [0, 0.05) is 6.07 Å². The number of carbonyl (C=O) groups is 1. The first-order chi connectivity index (χ1) is 12.4. The van der Waals surface area contributed by atoms with Crippen molar-refractivity contribution in [2.45, 2.75) is 11.0 Å². The molecule has 1 amide bonds. The third kappa shape index (κ3) is 3.58. The Balaban J connectivity index is 1.78. The lowest BCUT2D eigenvalue weighted by Gasteiger charge is -2.25. The number of anilines is 1. The quantitative estimate of drug-likeness (QED) is 0.787. The van der Waals surface area contributed by atoms with Crippen LogP contribution >= 0.6 is 0 Å². The number of hydrogen-bond acceptors (Lipinski definition) is 6. The molecule has 1 aliphatic rings. The second-order valence-electron chi connectivity index (χ2n) is 5.46. The van der Waals surface area contributed by atoms with Gasteiger partial charge in [0.05, 0.1) is 26.5 Å². The van der Waals surface area contributed by atoms with Crippen LogP contribution in [0, 0.1) is 0 Å². The highest BCUT2D eigenvalue weighted by atomic mass is 32.2. The molecule has 3 rings (SSSR count). The molecule has 26 heavy (non-hydrogen) atoms. The minimum Gasteiger partial charge on any atom is -0.497 e. The first-order valence-corrected chi connectivity index (χ1v) is 9.21. The van der Waals surface area contributed by atoms with Crippen LogP contribution < -0.4 is 24.2 Å². The molecule has 1 aliphatic heterocycles. The van der Waals surface area contributed by atoms with E-state index in [-0.39, 0.29) is 17.2 Å². The summed E-state index contributed by atoms with van der Waals surface area (Å²) in [5.41, 5.74) is 0.547. The van der Waals surface area contributed by atoms with Gasteiger partial charge < -0.3 is 19.5 Å². The van der Waals surface area contributed by atoms with E-state index in [1.807, 2.05) is 0 Å². The molecule has 1 unspecified atom stereocenters. The minimum atomic E-state index is -3.95. The Hall–Kier alpha value is -2.78. The van der Waals surface area contributed by atoms with Crippen molar-refractivity contribution in [2.24, 2.45) is 0 Å². The average molecular weight is 378 g/mol. The molecule has 0 radical (unpaired) electrons. The van der Waals surface area contributed by atoms with Gasteiger partial charge in [-0.2, -0.15) is 0 Å². The number of carbonyl (C=O) groups excluding carboxylic acids is 1. The largest absolute Gasteiger partial charge is 0.497 e. The molecular formula is C17H18N2O6S. The summed E-state index contributed by atoms with van der Waals surface area (Å²) in [7, 11) is -1.15. The van der Waals surface area contributed by atoms with Crippen molar-refractivity contribution in [1.29, 1.82) is 0 Å². The predicted molar refractivity (Wildman–Crippen MR) is 94.2 cm³/mol. The van der Waals surface area contributed by atoms with Gasteiger partial charge in [-0.1, -0.05) is 12.1 Å². The lowest BCUT2D eigenvalue weighted by Crippen LogP contribution is -2.45.